The van der Waals surface area contributed by atoms with Crippen LogP contribution in [0, 0.1) is 12.7 Å². The van der Waals surface area contributed by atoms with E-state index in [0.717, 1.165) is 33.4 Å². The van der Waals surface area contributed by atoms with E-state index >= 15 is 0 Å². The maximum absolute atomic E-state index is 13.7. The van der Waals surface area contributed by atoms with Gasteiger partial charge in [-0.25, -0.2) is 13.8 Å². The molecule has 0 saturated carbocycles. The first kappa shape index (κ1) is 26.1. The molecule has 0 N–H and O–H groups in total. The Balaban J connectivity index is 1.14. The van der Waals surface area contributed by atoms with Crippen molar-refractivity contribution in [3.05, 3.63) is 100 Å². The lowest BCUT2D eigenvalue weighted by molar-refractivity contribution is 0.0699. The second kappa shape index (κ2) is 10.2. The van der Waals surface area contributed by atoms with E-state index in [4.69, 9.17) is 0 Å². The van der Waals surface area contributed by atoms with Crippen LogP contribution in [-0.4, -0.2) is 62.1 Å². The van der Waals surface area contributed by atoms with E-state index < -0.39 is 0 Å². The topological polar surface area (TPSA) is 112 Å². The molecule has 42 heavy (non-hydrogen) atoms. The van der Waals surface area contributed by atoms with Gasteiger partial charge in [-0.1, -0.05) is 34.7 Å². The maximum Gasteiger partial charge on any atom is 0.276 e. The van der Waals surface area contributed by atoms with Crippen molar-refractivity contribution in [1.82, 2.24) is 49.7 Å². The summed E-state index contributed by atoms with van der Waals surface area (Å²) in [6.07, 6.45) is 5.33. The maximum atomic E-state index is 13.7. The molecule has 5 heterocycles. The molecule has 1 aliphatic rings. The molecular weight excluding hydrogens is 603 g/mol. The number of pyridine rings is 1. The number of hydrogen-bond acceptors (Lipinski definition) is 7. The van der Waals surface area contributed by atoms with Gasteiger partial charge in [-0.05, 0) is 59.6 Å². The van der Waals surface area contributed by atoms with Gasteiger partial charge in [0.2, 0.25) is 0 Å². The first-order valence-corrected chi connectivity index (χ1v) is 14.2. The van der Waals surface area contributed by atoms with Crippen molar-refractivity contribution in [1.29, 1.82) is 0 Å². The molecule has 1 atom stereocenters. The molecule has 0 spiro atoms. The summed E-state index contributed by atoms with van der Waals surface area (Å²) in [5, 5.41) is 22.8. The lowest BCUT2D eigenvalue weighted by Crippen LogP contribution is -2.39. The van der Waals surface area contributed by atoms with Crippen molar-refractivity contribution < 1.29 is 9.18 Å². The van der Waals surface area contributed by atoms with E-state index in [0.29, 0.717) is 41.2 Å². The highest BCUT2D eigenvalue weighted by Crippen LogP contribution is 2.29. The van der Waals surface area contributed by atoms with Gasteiger partial charge in [-0.15, -0.1) is 10.2 Å². The summed E-state index contributed by atoms with van der Waals surface area (Å²) in [6, 6.07) is 14.4. The van der Waals surface area contributed by atoms with Gasteiger partial charge < -0.3 is 4.90 Å². The summed E-state index contributed by atoms with van der Waals surface area (Å²) in [5.74, 6) is -0.524. The fourth-order valence-corrected chi connectivity index (χ4v) is 5.71. The van der Waals surface area contributed by atoms with Gasteiger partial charge in [0.1, 0.15) is 11.5 Å². The average molecular weight is 627 g/mol. The molecule has 0 aliphatic carbocycles. The fraction of sp³-hybridized carbons (Fsp3) is 0.207. The summed E-state index contributed by atoms with van der Waals surface area (Å²) in [7, 11) is 0. The Morgan fingerprint density at radius 3 is 2.79 bits per heavy atom. The quantitative estimate of drug-likeness (QED) is 0.271. The highest BCUT2D eigenvalue weighted by atomic mass is 79.9. The van der Waals surface area contributed by atoms with Crippen LogP contribution < -0.4 is 0 Å². The Kier molecular flexibility index (Phi) is 6.38. The third kappa shape index (κ3) is 4.36. The predicted molar refractivity (Wildman–Crippen MR) is 155 cm³/mol. The van der Waals surface area contributed by atoms with E-state index in [1.807, 2.05) is 55.1 Å². The number of amides is 1. The number of fused-ring (bicyclic) bond motifs is 2. The SMILES string of the molecule is Cc1c(C(=O)N2CCn3ncc(-c4cn([C@@H](C)c5ccc(F)c(Br)c5)nn4)c3C2)nnn1-c1cccc2cccnc12. The molecular formula is C29H24BrFN10O. The van der Waals surface area contributed by atoms with Gasteiger partial charge in [-0.2, -0.15) is 5.10 Å². The second-order valence-corrected chi connectivity index (χ2v) is 11.0. The standard InChI is InChI=1S/C29H24BrFN10O/c1-17(20-8-9-23(31)22(30)13-20)40-15-24(34-36-40)21-14-33-39-12-11-38(16-26(21)39)29(42)27-18(2)41(37-35-27)25-7-3-5-19-6-4-10-32-28(19)25/h3-10,13-15,17H,11-12,16H2,1-2H3/t17-/m0/s1. The highest BCUT2D eigenvalue weighted by molar-refractivity contribution is 9.10. The van der Waals surface area contributed by atoms with Gasteiger partial charge in [-0.3, -0.25) is 14.5 Å². The Labute approximate surface area is 247 Å². The molecule has 6 aromatic rings. The molecule has 2 aromatic carbocycles. The minimum absolute atomic E-state index is 0.171. The summed E-state index contributed by atoms with van der Waals surface area (Å²) in [6.45, 7) is 5.17. The highest BCUT2D eigenvalue weighted by Gasteiger charge is 2.29. The molecule has 4 aromatic heterocycles. The Morgan fingerprint density at radius 2 is 1.93 bits per heavy atom. The zero-order valence-electron chi connectivity index (χ0n) is 22.7. The van der Waals surface area contributed by atoms with Gasteiger partial charge in [0, 0.05) is 23.7 Å². The molecule has 0 fully saturated rings. The Bertz CT molecular complexity index is 1970. The van der Waals surface area contributed by atoms with Crippen LogP contribution in [0.2, 0.25) is 0 Å². The van der Waals surface area contributed by atoms with E-state index in [1.165, 1.54) is 6.07 Å². The van der Waals surface area contributed by atoms with Crippen molar-refractivity contribution in [2.75, 3.05) is 6.54 Å². The van der Waals surface area contributed by atoms with E-state index in [-0.39, 0.29) is 17.8 Å². The van der Waals surface area contributed by atoms with E-state index in [9.17, 15) is 9.18 Å². The number of halogens is 2. The molecule has 7 rings (SSSR count). The zero-order valence-corrected chi connectivity index (χ0v) is 24.3. The van der Waals surface area contributed by atoms with E-state index in [1.54, 1.807) is 38.8 Å². The van der Waals surface area contributed by atoms with Gasteiger partial charge >= 0.3 is 0 Å². The lowest BCUT2D eigenvalue weighted by Gasteiger charge is -2.27. The molecule has 11 nitrogen and oxygen atoms in total. The molecule has 0 unspecified atom stereocenters. The van der Waals surface area contributed by atoms with Crippen molar-refractivity contribution >= 4 is 32.7 Å². The van der Waals surface area contributed by atoms with Crippen molar-refractivity contribution in [3.63, 3.8) is 0 Å². The first-order chi connectivity index (χ1) is 20.4. The molecule has 13 heteroatoms. The minimum Gasteiger partial charge on any atom is -0.329 e. The number of carbonyl (C=O) groups is 1. The smallest absolute Gasteiger partial charge is 0.276 e. The number of para-hydroxylation sites is 1. The minimum atomic E-state index is -0.320. The largest absolute Gasteiger partial charge is 0.329 e. The van der Waals surface area contributed by atoms with Crippen LogP contribution in [0.25, 0.3) is 27.8 Å². The number of carbonyl (C=O) groups excluding carboxylic acids is 1. The van der Waals surface area contributed by atoms with Crippen LogP contribution in [0.15, 0.2) is 71.6 Å². The number of benzene rings is 2. The third-order valence-electron chi connectivity index (χ3n) is 7.70. The van der Waals surface area contributed by atoms with Crippen LogP contribution in [0.3, 0.4) is 0 Å². The van der Waals surface area contributed by atoms with Gasteiger partial charge in [0.25, 0.3) is 5.91 Å². The number of hydrogen-bond donors (Lipinski definition) is 0. The Morgan fingerprint density at radius 1 is 1.07 bits per heavy atom. The summed E-state index contributed by atoms with van der Waals surface area (Å²) < 4.78 is 19.4. The molecule has 1 aliphatic heterocycles. The van der Waals surface area contributed by atoms with Crippen LogP contribution in [0.4, 0.5) is 4.39 Å². The average Bonchev–Trinajstić information content (AvgIpc) is 3.75. The summed E-state index contributed by atoms with van der Waals surface area (Å²) >= 11 is 3.25. The molecule has 0 radical (unpaired) electrons. The van der Waals surface area contributed by atoms with Crippen molar-refractivity contribution in [2.45, 2.75) is 33.0 Å². The summed E-state index contributed by atoms with van der Waals surface area (Å²) in [4.78, 5) is 20.0. The molecule has 0 bridgehead atoms. The van der Waals surface area contributed by atoms with Crippen LogP contribution in [-0.2, 0) is 13.1 Å². The normalized spacial score (nSPS) is 13.9. The monoisotopic (exact) mass is 626 g/mol. The number of nitrogens with zero attached hydrogens (tertiary/aromatic N) is 10. The van der Waals surface area contributed by atoms with E-state index in [2.05, 4.69) is 46.6 Å². The molecule has 1 amide bonds. The van der Waals surface area contributed by atoms with Crippen LogP contribution >= 0.6 is 15.9 Å². The predicted octanol–water partition coefficient (Wildman–Crippen LogP) is 4.75. The second-order valence-electron chi connectivity index (χ2n) is 10.2. The zero-order chi connectivity index (χ0) is 29.0. The van der Waals surface area contributed by atoms with Gasteiger partial charge in [0.05, 0.1) is 58.6 Å². The van der Waals surface area contributed by atoms with Crippen molar-refractivity contribution in [2.24, 2.45) is 0 Å². The summed E-state index contributed by atoms with van der Waals surface area (Å²) in [5.41, 5.74) is 5.68. The first-order valence-electron chi connectivity index (χ1n) is 13.4. The van der Waals surface area contributed by atoms with Crippen LogP contribution in [0.5, 0.6) is 0 Å². The number of rotatable bonds is 5. The third-order valence-corrected chi connectivity index (χ3v) is 8.31. The number of aromatic nitrogens is 9. The molecule has 0 saturated heterocycles. The van der Waals surface area contributed by atoms with Gasteiger partial charge in [0.15, 0.2) is 5.69 Å². The lowest BCUT2D eigenvalue weighted by atomic mass is 10.1. The fourth-order valence-electron chi connectivity index (χ4n) is 5.31. The van der Waals surface area contributed by atoms with Crippen LogP contribution in [0.1, 0.15) is 40.4 Å². The molecule has 210 valence electrons. The van der Waals surface area contributed by atoms with Crippen molar-refractivity contribution in [3.8, 4) is 16.9 Å². The Hall–Kier alpha value is -4.78.